The number of hydrazine groups is 1. The van der Waals surface area contributed by atoms with Gasteiger partial charge in [0, 0.05) is 12.6 Å². The van der Waals surface area contributed by atoms with Crippen LogP contribution in [0.5, 0.6) is 0 Å². The number of ether oxygens (including phenoxy) is 1. The van der Waals surface area contributed by atoms with Crippen molar-refractivity contribution >= 4 is 23.2 Å². The predicted molar refractivity (Wildman–Crippen MR) is 85.6 cm³/mol. The molecule has 4 nitrogen and oxygen atoms in total. The van der Waals surface area contributed by atoms with Crippen LogP contribution in [0.4, 0.5) is 0 Å². The first-order valence-electron chi connectivity index (χ1n) is 7.43. The summed E-state index contributed by atoms with van der Waals surface area (Å²) < 4.78 is 6.03. The van der Waals surface area contributed by atoms with Crippen LogP contribution < -0.4 is 11.3 Å². The normalized spacial score (nSPS) is 27.6. The molecule has 6 heteroatoms. The topological polar surface area (TPSA) is 50.5 Å². The molecule has 0 aliphatic carbocycles. The highest BCUT2D eigenvalue weighted by Crippen LogP contribution is 2.28. The van der Waals surface area contributed by atoms with Crippen molar-refractivity contribution in [3.8, 4) is 0 Å². The molecule has 0 radical (unpaired) electrons. The molecule has 2 aliphatic rings. The molecule has 0 spiro atoms. The minimum absolute atomic E-state index is 0.0301. The molecule has 0 aromatic heterocycles. The Labute approximate surface area is 135 Å². The quantitative estimate of drug-likeness (QED) is 0.657. The van der Waals surface area contributed by atoms with Gasteiger partial charge in [-0.1, -0.05) is 35.3 Å². The van der Waals surface area contributed by atoms with E-state index in [-0.39, 0.29) is 12.1 Å². The van der Waals surface area contributed by atoms with Gasteiger partial charge in [-0.25, -0.2) is 0 Å². The van der Waals surface area contributed by atoms with Gasteiger partial charge in [-0.05, 0) is 37.4 Å². The summed E-state index contributed by atoms with van der Waals surface area (Å²) in [5, 5.41) is 1.18. The summed E-state index contributed by atoms with van der Waals surface area (Å²) in [7, 11) is 0. The summed E-state index contributed by atoms with van der Waals surface area (Å²) in [6.07, 6.45) is 3.30. The first kappa shape index (κ1) is 15.5. The second-order valence-electron chi connectivity index (χ2n) is 5.85. The molecule has 2 heterocycles. The van der Waals surface area contributed by atoms with E-state index in [1.54, 1.807) is 6.07 Å². The van der Waals surface area contributed by atoms with Crippen molar-refractivity contribution in [2.75, 3.05) is 19.7 Å². The summed E-state index contributed by atoms with van der Waals surface area (Å²) >= 11 is 12.3. The molecule has 3 rings (SSSR count). The van der Waals surface area contributed by atoms with Crippen LogP contribution >= 0.6 is 23.2 Å². The van der Waals surface area contributed by atoms with E-state index in [1.807, 2.05) is 12.1 Å². The lowest BCUT2D eigenvalue weighted by Crippen LogP contribution is -2.56. The molecule has 1 aromatic carbocycles. The van der Waals surface area contributed by atoms with Crippen LogP contribution in [0.2, 0.25) is 10.0 Å². The van der Waals surface area contributed by atoms with Crippen molar-refractivity contribution in [1.29, 1.82) is 0 Å². The summed E-state index contributed by atoms with van der Waals surface area (Å²) in [4.78, 5) is 2.51. The summed E-state index contributed by atoms with van der Waals surface area (Å²) in [6.45, 7) is 2.89. The average molecular weight is 330 g/mol. The van der Waals surface area contributed by atoms with E-state index in [2.05, 4.69) is 10.3 Å². The zero-order chi connectivity index (χ0) is 14.8. The number of rotatable bonds is 4. The molecular weight excluding hydrogens is 309 g/mol. The molecule has 3 unspecified atom stereocenters. The smallest absolute Gasteiger partial charge is 0.0872 e. The van der Waals surface area contributed by atoms with Crippen molar-refractivity contribution < 1.29 is 4.74 Å². The minimum atomic E-state index is 0.0301. The lowest BCUT2D eigenvalue weighted by atomic mass is 10.00. The Kier molecular flexibility index (Phi) is 5.04. The number of nitrogens with zero attached hydrogens (tertiary/aromatic N) is 1. The molecule has 116 valence electrons. The molecule has 0 bridgehead atoms. The van der Waals surface area contributed by atoms with Gasteiger partial charge in [0.25, 0.3) is 0 Å². The average Bonchev–Trinajstić information content (AvgIpc) is 2.96. The molecule has 2 fully saturated rings. The van der Waals surface area contributed by atoms with Gasteiger partial charge >= 0.3 is 0 Å². The van der Waals surface area contributed by atoms with Crippen LogP contribution in [0.3, 0.4) is 0 Å². The van der Waals surface area contributed by atoms with Gasteiger partial charge < -0.3 is 4.74 Å². The van der Waals surface area contributed by atoms with Crippen molar-refractivity contribution in [3.05, 3.63) is 33.8 Å². The maximum Gasteiger partial charge on any atom is 0.0872 e. The van der Waals surface area contributed by atoms with Gasteiger partial charge in [0.2, 0.25) is 0 Å². The van der Waals surface area contributed by atoms with Gasteiger partial charge in [-0.3, -0.25) is 16.2 Å². The summed E-state index contributed by atoms with van der Waals surface area (Å²) in [5.41, 5.74) is 3.89. The Morgan fingerprint density at radius 2 is 2.29 bits per heavy atom. The van der Waals surface area contributed by atoms with E-state index >= 15 is 0 Å². The predicted octanol–water partition coefficient (Wildman–Crippen LogP) is 2.23. The molecule has 2 aliphatic heterocycles. The minimum Gasteiger partial charge on any atom is -0.374 e. The van der Waals surface area contributed by atoms with Crippen LogP contribution in [-0.4, -0.2) is 42.8 Å². The van der Waals surface area contributed by atoms with Crippen molar-refractivity contribution in [2.45, 2.75) is 37.5 Å². The molecular formula is C15H21Cl2N3O. The highest BCUT2D eigenvalue weighted by molar-refractivity contribution is 6.42. The Bertz CT molecular complexity index is 500. The van der Waals surface area contributed by atoms with Crippen LogP contribution in [0.25, 0.3) is 0 Å². The molecule has 1 aromatic rings. The van der Waals surface area contributed by atoms with E-state index < -0.39 is 0 Å². The van der Waals surface area contributed by atoms with E-state index in [0.29, 0.717) is 22.5 Å². The fraction of sp³-hybridized carbons (Fsp3) is 0.600. The summed E-state index contributed by atoms with van der Waals surface area (Å²) in [5.74, 6) is 5.75. The molecule has 3 atom stereocenters. The highest BCUT2D eigenvalue weighted by Gasteiger charge is 2.35. The van der Waals surface area contributed by atoms with E-state index in [0.717, 1.165) is 18.7 Å². The second kappa shape index (κ2) is 6.82. The van der Waals surface area contributed by atoms with Gasteiger partial charge in [-0.2, -0.15) is 0 Å². The highest BCUT2D eigenvalue weighted by atomic mass is 35.5. The number of halogens is 2. The molecule has 21 heavy (non-hydrogen) atoms. The Morgan fingerprint density at radius 3 is 3.10 bits per heavy atom. The second-order valence-corrected chi connectivity index (χ2v) is 6.64. The third-order valence-corrected chi connectivity index (χ3v) is 5.41. The van der Waals surface area contributed by atoms with Gasteiger partial charge in [0.05, 0.1) is 28.8 Å². The van der Waals surface area contributed by atoms with E-state index in [4.69, 9.17) is 33.8 Å². The number of nitrogens with one attached hydrogen (secondary N) is 1. The standard InChI is InChI=1S/C15H21Cl2N3O/c16-12-5-1-3-10(15(12)17)7-13(19-18)14-8-20-6-2-4-11(20)9-21-14/h1,3,5,11,13-14,19H,2,4,6-9,18H2. The third kappa shape index (κ3) is 3.36. The van der Waals surface area contributed by atoms with Crippen molar-refractivity contribution in [2.24, 2.45) is 5.84 Å². The van der Waals surface area contributed by atoms with Gasteiger partial charge in [0.15, 0.2) is 0 Å². The van der Waals surface area contributed by atoms with Crippen LogP contribution in [0.1, 0.15) is 18.4 Å². The molecule has 0 amide bonds. The molecule has 2 saturated heterocycles. The van der Waals surface area contributed by atoms with Crippen molar-refractivity contribution in [1.82, 2.24) is 10.3 Å². The SMILES string of the molecule is NNC(Cc1cccc(Cl)c1Cl)C1CN2CCCC2CO1. The number of morpholine rings is 1. The first-order valence-corrected chi connectivity index (χ1v) is 8.19. The van der Waals surface area contributed by atoms with Crippen LogP contribution in [0, 0.1) is 0 Å². The zero-order valence-electron chi connectivity index (χ0n) is 11.9. The first-order chi connectivity index (χ1) is 10.2. The van der Waals surface area contributed by atoms with Crippen LogP contribution in [0.15, 0.2) is 18.2 Å². The number of benzene rings is 1. The van der Waals surface area contributed by atoms with E-state index in [1.165, 1.54) is 19.4 Å². The zero-order valence-corrected chi connectivity index (χ0v) is 13.4. The lowest BCUT2D eigenvalue weighted by molar-refractivity contribution is -0.0644. The Morgan fingerprint density at radius 1 is 1.43 bits per heavy atom. The number of fused-ring (bicyclic) bond motifs is 1. The molecule has 0 saturated carbocycles. The maximum absolute atomic E-state index is 6.27. The number of hydrogen-bond donors (Lipinski definition) is 2. The Hall–Kier alpha value is -0.360. The maximum atomic E-state index is 6.27. The largest absolute Gasteiger partial charge is 0.374 e. The fourth-order valence-corrected chi connectivity index (χ4v) is 3.72. The third-order valence-electron chi connectivity index (χ3n) is 4.55. The monoisotopic (exact) mass is 329 g/mol. The summed E-state index contributed by atoms with van der Waals surface area (Å²) in [6, 6.07) is 6.32. The molecule has 3 N–H and O–H groups in total. The number of hydrogen-bond acceptors (Lipinski definition) is 4. The number of nitrogens with two attached hydrogens (primary N) is 1. The Balaban J connectivity index is 1.69. The lowest BCUT2D eigenvalue weighted by Gasteiger charge is -2.38. The van der Waals surface area contributed by atoms with Gasteiger partial charge in [0.1, 0.15) is 0 Å². The van der Waals surface area contributed by atoms with Gasteiger partial charge in [-0.15, -0.1) is 0 Å². The van der Waals surface area contributed by atoms with Crippen molar-refractivity contribution in [3.63, 3.8) is 0 Å². The van der Waals surface area contributed by atoms with Crippen LogP contribution in [-0.2, 0) is 11.2 Å². The fourth-order valence-electron chi connectivity index (χ4n) is 3.33. The van der Waals surface area contributed by atoms with E-state index in [9.17, 15) is 0 Å².